The highest BCUT2D eigenvalue weighted by Gasteiger charge is 2.09. The number of thioether (sulfide) groups is 1. The third kappa shape index (κ3) is 3.65. The van der Waals surface area contributed by atoms with Gasteiger partial charge in [-0.25, -0.2) is 4.98 Å². The fraction of sp³-hybridized carbons (Fsp3) is 0.231. The van der Waals surface area contributed by atoms with Crippen molar-refractivity contribution >= 4 is 45.7 Å². The summed E-state index contributed by atoms with van der Waals surface area (Å²) in [5.74, 6) is 0.994. The number of ether oxygens (including phenoxy) is 1. The van der Waals surface area contributed by atoms with Gasteiger partial charge in [0.15, 0.2) is 5.13 Å². The molecule has 0 atom stereocenters. The fourth-order valence-corrected chi connectivity index (χ4v) is 2.90. The lowest BCUT2D eigenvalue weighted by Gasteiger charge is -2.04. The van der Waals surface area contributed by atoms with Crippen LogP contribution in [0.3, 0.4) is 0 Å². The van der Waals surface area contributed by atoms with Gasteiger partial charge in [0.2, 0.25) is 5.91 Å². The Morgan fingerprint density at radius 3 is 3.00 bits per heavy atom. The molecule has 0 fully saturated rings. The maximum absolute atomic E-state index is 11.5. The van der Waals surface area contributed by atoms with Crippen LogP contribution in [0.2, 0.25) is 5.02 Å². The van der Waals surface area contributed by atoms with Crippen LogP contribution >= 0.6 is 34.7 Å². The van der Waals surface area contributed by atoms with Crippen molar-refractivity contribution in [2.45, 2.75) is 0 Å². The van der Waals surface area contributed by atoms with Gasteiger partial charge in [0, 0.05) is 10.9 Å². The molecule has 2 rings (SSSR count). The Morgan fingerprint density at radius 2 is 2.35 bits per heavy atom. The summed E-state index contributed by atoms with van der Waals surface area (Å²) in [5.41, 5.74) is 1.66. The Kier molecular flexibility index (Phi) is 5.28. The fourth-order valence-electron chi connectivity index (χ4n) is 1.58. The first kappa shape index (κ1) is 15.2. The highest BCUT2D eigenvalue weighted by Crippen LogP contribution is 2.31. The van der Waals surface area contributed by atoms with E-state index in [0.29, 0.717) is 21.7 Å². The normalized spacial score (nSPS) is 10.3. The van der Waals surface area contributed by atoms with Crippen LogP contribution in [0.1, 0.15) is 0 Å². The van der Waals surface area contributed by atoms with E-state index in [1.807, 2.05) is 17.7 Å². The maximum Gasteiger partial charge on any atom is 0.236 e. The second-order valence-corrected chi connectivity index (χ2v) is 6.00. The number of anilines is 1. The molecule has 106 valence electrons. The third-order valence-electron chi connectivity index (χ3n) is 2.47. The summed E-state index contributed by atoms with van der Waals surface area (Å²) in [4.78, 5) is 15.9. The molecule has 0 aliphatic heterocycles. The largest absolute Gasteiger partial charge is 0.495 e. The van der Waals surface area contributed by atoms with E-state index in [0.717, 1.165) is 11.3 Å². The predicted octanol–water partition coefficient (Wildman–Crippen LogP) is 3.77. The minimum Gasteiger partial charge on any atom is -0.495 e. The molecule has 0 bridgehead atoms. The van der Waals surface area contributed by atoms with Crippen molar-refractivity contribution < 1.29 is 9.53 Å². The van der Waals surface area contributed by atoms with Gasteiger partial charge in [-0.15, -0.1) is 11.3 Å². The number of amides is 1. The van der Waals surface area contributed by atoms with Gasteiger partial charge in [-0.2, -0.15) is 11.8 Å². The number of nitrogens with one attached hydrogen (secondary N) is 1. The molecule has 1 amide bonds. The van der Waals surface area contributed by atoms with E-state index in [4.69, 9.17) is 16.3 Å². The van der Waals surface area contributed by atoms with Crippen LogP contribution in [0.4, 0.5) is 5.13 Å². The first-order valence-corrected chi connectivity index (χ1v) is 8.37. The Bertz CT molecular complexity index is 616. The van der Waals surface area contributed by atoms with Gasteiger partial charge in [-0.1, -0.05) is 11.6 Å². The smallest absolute Gasteiger partial charge is 0.236 e. The molecular weight excluding hydrogens is 316 g/mol. The van der Waals surface area contributed by atoms with Gasteiger partial charge < -0.3 is 10.1 Å². The van der Waals surface area contributed by atoms with Crippen molar-refractivity contribution in [3.05, 3.63) is 28.6 Å². The zero-order valence-corrected chi connectivity index (χ0v) is 13.4. The average molecular weight is 329 g/mol. The molecule has 0 saturated heterocycles. The van der Waals surface area contributed by atoms with Crippen LogP contribution in [0.25, 0.3) is 11.3 Å². The van der Waals surface area contributed by atoms with Crippen LogP contribution in [0.15, 0.2) is 23.6 Å². The lowest BCUT2D eigenvalue weighted by Crippen LogP contribution is -2.13. The monoisotopic (exact) mass is 328 g/mol. The van der Waals surface area contributed by atoms with Crippen molar-refractivity contribution in [3.63, 3.8) is 0 Å². The molecule has 0 saturated carbocycles. The molecule has 1 aromatic carbocycles. The summed E-state index contributed by atoms with van der Waals surface area (Å²) in [6.45, 7) is 0. The number of aromatic nitrogens is 1. The number of halogens is 1. The van der Waals surface area contributed by atoms with Gasteiger partial charge in [0.25, 0.3) is 0 Å². The molecule has 4 nitrogen and oxygen atoms in total. The lowest BCUT2D eigenvalue weighted by molar-refractivity contribution is -0.113. The molecule has 0 unspecified atom stereocenters. The molecule has 1 heterocycles. The second kappa shape index (κ2) is 6.97. The molecule has 0 aliphatic rings. The highest BCUT2D eigenvalue weighted by molar-refractivity contribution is 7.99. The zero-order valence-electron chi connectivity index (χ0n) is 11.0. The summed E-state index contributed by atoms with van der Waals surface area (Å²) in [5, 5.41) is 5.76. The van der Waals surface area contributed by atoms with E-state index in [9.17, 15) is 4.79 Å². The van der Waals surface area contributed by atoms with E-state index in [1.54, 1.807) is 19.2 Å². The summed E-state index contributed by atoms with van der Waals surface area (Å²) < 4.78 is 5.11. The van der Waals surface area contributed by atoms with E-state index in [2.05, 4.69) is 10.3 Å². The minimum absolute atomic E-state index is 0.0498. The number of hydrogen-bond acceptors (Lipinski definition) is 5. The third-order valence-corrected chi connectivity index (χ3v) is 4.08. The van der Waals surface area contributed by atoms with Gasteiger partial charge in [-0.3, -0.25) is 4.79 Å². The van der Waals surface area contributed by atoms with Crippen LogP contribution in [0, 0.1) is 0 Å². The van der Waals surface area contributed by atoms with Crippen molar-refractivity contribution in [2.75, 3.05) is 24.4 Å². The first-order valence-electron chi connectivity index (χ1n) is 5.72. The van der Waals surface area contributed by atoms with E-state index in [1.165, 1.54) is 23.1 Å². The van der Waals surface area contributed by atoms with Crippen molar-refractivity contribution in [1.82, 2.24) is 4.98 Å². The number of methoxy groups -OCH3 is 1. The molecule has 0 aliphatic carbocycles. The quantitative estimate of drug-likeness (QED) is 0.907. The Morgan fingerprint density at radius 1 is 1.55 bits per heavy atom. The van der Waals surface area contributed by atoms with Crippen molar-refractivity contribution in [3.8, 4) is 17.0 Å². The Hall–Kier alpha value is -1.24. The molecular formula is C13H13ClN2O2S2. The maximum atomic E-state index is 11.5. The Labute approximate surface area is 130 Å². The SMILES string of the molecule is COc1ccc(-c2csc(NC(=O)CSC)n2)cc1Cl. The molecule has 0 radical (unpaired) electrons. The minimum atomic E-state index is -0.0498. The van der Waals surface area contributed by atoms with Crippen LogP contribution in [-0.4, -0.2) is 30.0 Å². The molecule has 0 spiro atoms. The van der Waals surface area contributed by atoms with Gasteiger partial charge in [0.05, 0.1) is 23.6 Å². The summed E-state index contributed by atoms with van der Waals surface area (Å²) in [6, 6.07) is 5.47. The number of carbonyl (C=O) groups is 1. The summed E-state index contributed by atoms with van der Waals surface area (Å²) in [7, 11) is 1.57. The predicted molar refractivity (Wildman–Crippen MR) is 86.1 cm³/mol. The van der Waals surface area contributed by atoms with Crippen LogP contribution in [-0.2, 0) is 4.79 Å². The highest BCUT2D eigenvalue weighted by atomic mass is 35.5. The number of benzene rings is 1. The number of carbonyl (C=O) groups excluding carboxylic acids is 1. The second-order valence-electron chi connectivity index (χ2n) is 3.87. The number of nitrogens with zero attached hydrogens (tertiary/aromatic N) is 1. The van der Waals surface area contributed by atoms with Gasteiger partial charge in [0.1, 0.15) is 5.75 Å². The number of rotatable bonds is 5. The van der Waals surface area contributed by atoms with Gasteiger partial charge in [-0.05, 0) is 24.5 Å². The standard InChI is InChI=1S/C13H13ClN2O2S2/c1-18-11-4-3-8(5-9(11)14)10-6-20-13(15-10)16-12(17)7-19-2/h3-6H,7H2,1-2H3,(H,15,16,17). The number of hydrogen-bond donors (Lipinski definition) is 1. The average Bonchev–Trinajstić information content (AvgIpc) is 2.87. The Balaban J connectivity index is 2.16. The van der Waals surface area contributed by atoms with Crippen molar-refractivity contribution in [2.24, 2.45) is 0 Å². The summed E-state index contributed by atoms with van der Waals surface area (Å²) in [6.07, 6.45) is 1.88. The molecule has 2 aromatic rings. The van der Waals surface area contributed by atoms with Crippen molar-refractivity contribution in [1.29, 1.82) is 0 Å². The first-order chi connectivity index (χ1) is 9.63. The topological polar surface area (TPSA) is 51.2 Å². The van der Waals surface area contributed by atoms with Crippen LogP contribution < -0.4 is 10.1 Å². The zero-order chi connectivity index (χ0) is 14.5. The summed E-state index contributed by atoms with van der Waals surface area (Å²) >= 11 is 8.95. The molecule has 20 heavy (non-hydrogen) atoms. The molecule has 1 N–H and O–H groups in total. The lowest BCUT2D eigenvalue weighted by atomic mass is 10.2. The van der Waals surface area contributed by atoms with E-state index < -0.39 is 0 Å². The van der Waals surface area contributed by atoms with Gasteiger partial charge >= 0.3 is 0 Å². The van der Waals surface area contributed by atoms with E-state index >= 15 is 0 Å². The number of thiazole rings is 1. The van der Waals surface area contributed by atoms with Crippen LogP contribution in [0.5, 0.6) is 5.75 Å². The van der Waals surface area contributed by atoms with E-state index in [-0.39, 0.29) is 5.91 Å². The molecule has 7 heteroatoms. The molecule has 1 aromatic heterocycles.